The van der Waals surface area contributed by atoms with Crippen LogP contribution in [0.5, 0.6) is 11.5 Å². The molecule has 0 radical (unpaired) electrons. The number of thiocarbonyl (C=S) groups is 1. The van der Waals surface area contributed by atoms with Crippen molar-refractivity contribution in [3.63, 3.8) is 0 Å². The predicted molar refractivity (Wildman–Crippen MR) is 109 cm³/mol. The first-order chi connectivity index (χ1) is 12.8. The molecule has 0 atom stereocenters. The third kappa shape index (κ3) is 4.92. The number of anilines is 1. The fraction of sp³-hybridized carbons (Fsp3) is 0.176. The normalized spacial score (nSPS) is 10.1. The quantitative estimate of drug-likeness (QED) is 0.402. The summed E-state index contributed by atoms with van der Waals surface area (Å²) in [5.74, 6) is 0.232. The highest BCUT2D eigenvalue weighted by Crippen LogP contribution is 2.30. The highest BCUT2D eigenvalue weighted by atomic mass is 79.9. The maximum atomic E-state index is 12.6. The number of methoxy groups -OCH3 is 2. The number of hydrogen-bond donors (Lipinski definition) is 2. The summed E-state index contributed by atoms with van der Waals surface area (Å²) in [6.45, 7) is 1.80. The number of ether oxygens (including phenoxy) is 2. The molecule has 0 heterocycles. The Bertz CT molecular complexity index is 920. The molecular formula is C17H16BrN3O5S. The van der Waals surface area contributed by atoms with Crippen molar-refractivity contribution in [2.24, 2.45) is 0 Å². The van der Waals surface area contributed by atoms with E-state index in [9.17, 15) is 14.9 Å². The zero-order valence-corrected chi connectivity index (χ0v) is 17.1. The number of rotatable bonds is 5. The number of nitrogens with zero attached hydrogens (tertiary/aromatic N) is 1. The van der Waals surface area contributed by atoms with Crippen LogP contribution < -0.4 is 20.1 Å². The molecule has 142 valence electrons. The van der Waals surface area contributed by atoms with Crippen molar-refractivity contribution in [1.82, 2.24) is 5.32 Å². The molecule has 0 aliphatic heterocycles. The van der Waals surface area contributed by atoms with E-state index in [1.165, 1.54) is 26.4 Å². The van der Waals surface area contributed by atoms with Crippen LogP contribution >= 0.6 is 28.1 Å². The average Bonchev–Trinajstić information content (AvgIpc) is 2.61. The maximum absolute atomic E-state index is 12.6. The smallest absolute Gasteiger partial charge is 0.296 e. The van der Waals surface area contributed by atoms with Gasteiger partial charge in [0.2, 0.25) is 0 Å². The number of aryl methyl sites for hydroxylation is 1. The summed E-state index contributed by atoms with van der Waals surface area (Å²) in [5.41, 5.74) is 0.935. The molecule has 2 rings (SSSR count). The second kappa shape index (κ2) is 8.78. The number of halogens is 1. The Morgan fingerprint density at radius 2 is 1.93 bits per heavy atom. The van der Waals surface area contributed by atoms with Crippen LogP contribution in [-0.4, -0.2) is 30.2 Å². The summed E-state index contributed by atoms with van der Waals surface area (Å²) in [6.07, 6.45) is 0. The summed E-state index contributed by atoms with van der Waals surface area (Å²) in [4.78, 5) is 23.2. The molecule has 0 aromatic heterocycles. The molecule has 2 N–H and O–H groups in total. The van der Waals surface area contributed by atoms with E-state index in [-0.39, 0.29) is 22.1 Å². The van der Waals surface area contributed by atoms with Gasteiger partial charge in [-0.3, -0.25) is 20.2 Å². The number of carbonyl (C=O) groups is 1. The van der Waals surface area contributed by atoms with Crippen molar-refractivity contribution in [3.8, 4) is 11.5 Å². The first-order valence-electron chi connectivity index (χ1n) is 7.55. The van der Waals surface area contributed by atoms with Crippen LogP contribution in [-0.2, 0) is 0 Å². The Labute approximate surface area is 169 Å². The first kappa shape index (κ1) is 20.6. The lowest BCUT2D eigenvalue weighted by Crippen LogP contribution is -2.34. The Morgan fingerprint density at radius 3 is 2.52 bits per heavy atom. The monoisotopic (exact) mass is 453 g/mol. The summed E-state index contributed by atoms with van der Waals surface area (Å²) < 4.78 is 11.0. The molecule has 2 aromatic carbocycles. The molecule has 0 spiro atoms. The minimum atomic E-state index is -0.573. The zero-order valence-electron chi connectivity index (χ0n) is 14.7. The van der Waals surface area contributed by atoms with Gasteiger partial charge in [-0.25, -0.2) is 0 Å². The van der Waals surface area contributed by atoms with Gasteiger partial charge in [-0.2, -0.15) is 0 Å². The summed E-state index contributed by atoms with van der Waals surface area (Å²) in [6, 6.07) is 7.65. The van der Waals surface area contributed by atoms with E-state index in [0.717, 1.165) is 5.56 Å². The number of carbonyl (C=O) groups excluding carboxylic acids is 1. The van der Waals surface area contributed by atoms with Crippen LogP contribution in [0.3, 0.4) is 0 Å². The Hall–Kier alpha value is -2.72. The largest absolute Gasteiger partial charge is 0.496 e. The van der Waals surface area contributed by atoms with Gasteiger partial charge in [0, 0.05) is 4.47 Å². The van der Waals surface area contributed by atoms with E-state index in [1.807, 2.05) is 6.07 Å². The van der Waals surface area contributed by atoms with Gasteiger partial charge in [-0.15, -0.1) is 0 Å². The van der Waals surface area contributed by atoms with Crippen LogP contribution in [0, 0.1) is 17.0 Å². The van der Waals surface area contributed by atoms with Crippen molar-refractivity contribution < 1.29 is 19.2 Å². The highest BCUT2D eigenvalue weighted by Gasteiger charge is 2.19. The highest BCUT2D eigenvalue weighted by molar-refractivity contribution is 9.10. The average molecular weight is 454 g/mol. The molecule has 2 aromatic rings. The fourth-order valence-corrected chi connectivity index (χ4v) is 3.16. The lowest BCUT2D eigenvalue weighted by Gasteiger charge is -2.14. The van der Waals surface area contributed by atoms with Crippen molar-refractivity contribution in [1.29, 1.82) is 0 Å². The van der Waals surface area contributed by atoms with Gasteiger partial charge in [0.05, 0.1) is 30.8 Å². The van der Waals surface area contributed by atoms with Crippen LogP contribution in [0.15, 0.2) is 34.8 Å². The Kier molecular flexibility index (Phi) is 6.70. The van der Waals surface area contributed by atoms with Crippen molar-refractivity contribution in [2.75, 3.05) is 19.5 Å². The van der Waals surface area contributed by atoms with Gasteiger partial charge in [0.25, 0.3) is 11.6 Å². The van der Waals surface area contributed by atoms with E-state index in [4.69, 9.17) is 21.7 Å². The number of amides is 1. The molecule has 10 heteroatoms. The summed E-state index contributed by atoms with van der Waals surface area (Å²) >= 11 is 8.45. The lowest BCUT2D eigenvalue weighted by molar-refractivity contribution is -0.384. The Balaban J connectivity index is 2.22. The van der Waals surface area contributed by atoms with Crippen LogP contribution in [0.4, 0.5) is 11.4 Å². The standard InChI is InChI=1S/C17H16BrN3O5S/c1-9-6-10(18)7-12(15(9)26-3)16(22)20-17(27)19-13-5-4-11(25-2)8-14(13)21(23)24/h4-8H,1-3H3,(H2,19,20,22,27). The van der Waals surface area contributed by atoms with Gasteiger partial charge in [-0.1, -0.05) is 15.9 Å². The van der Waals surface area contributed by atoms with E-state index in [1.54, 1.807) is 19.1 Å². The van der Waals surface area contributed by atoms with Crippen molar-refractivity contribution >= 4 is 50.5 Å². The van der Waals surface area contributed by atoms with E-state index in [0.29, 0.717) is 16.0 Å². The molecule has 0 aliphatic carbocycles. The summed E-state index contributed by atoms with van der Waals surface area (Å²) in [7, 11) is 2.87. The summed E-state index contributed by atoms with van der Waals surface area (Å²) in [5, 5.41) is 16.3. The van der Waals surface area contributed by atoms with Crippen LogP contribution in [0.2, 0.25) is 0 Å². The molecule has 8 nitrogen and oxygen atoms in total. The third-order valence-corrected chi connectivity index (χ3v) is 4.23. The second-order valence-corrected chi connectivity index (χ2v) is 6.68. The number of hydrogen-bond acceptors (Lipinski definition) is 6. The SMILES string of the molecule is COc1ccc(NC(=S)NC(=O)c2cc(Br)cc(C)c2OC)c([N+](=O)[O-])c1. The molecule has 0 unspecified atom stereocenters. The minimum Gasteiger partial charge on any atom is -0.496 e. The van der Waals surface area contributed by atoms with Gasteiger partial charge in [-0.05, 0) is 49.0 Å². The fourth-order valence-electron chi connectivity index (χ4n) is 2.39. The number of nitro benzene ring substituents is 1. The maximum Gasteiger partial charge on any atom is 0.296 e. The van der Waals surface area contributed by atoms with Crippen molar-refractivity contribution in [2.45, 2.75) is 6.92 Å². The minimum absolute atomic E-state index is 0.0899. The van der Waals surface area contributed by atoms with Crippen LogP contribution in [0.1, 0.15) is 15.9 Å². The molecule has 0 aliphatic rings. The zero-order chi connectivity index (χ0) is 20.1. The molecule has 0 bridgehead atoms. The number of nitrogens with one attached hydrogen (secondary N) is 2. The molecule has 27 heavy (non-hydrogen) atoms. The molecule has 1 amide bonds. The molecule has 0 saturated carbocycles. The first-order valence-corrected chi connectivity index (χ1v) is 8.75. The Morgan fingerprint density at radius 1 is 1.22 bits per heavy atom. The molecule has 0 fully saturated rings. The van der Waals surface area contributed by atoms with Gasteiger partial charge < -0.3 is 14.8 Å². The van der Waals surface area contributed by atoms with Gasteiger partial charge in [0.15, 0.2) is 5.11 Å². The van der Waals surface area contributed by atoms with Crippen LogP contribution in [0.25, 0.3) is 0 Å². The molecule has 0 saturated heterocycles. The molecular weight excluding hydrogens is 438 g/mol. The third-order valence-electron chi connectivity index (χ3n) is 3.57. The van der Waals surface area contributed by atoms with Gasteiger partial charge >= 0.3 is 0 Å². The predicted octanol–water partition coefficient (Wildman–Crippen LogP) is 3.81. The van der Waals surface area contributed by atoms with Gasteiger partial charge in [0.1, 0.15) is 17.2 Å². The second-order valence-electron chi connectivity index (χ2n) is 5.35. The van der Waals surface area contributed by atoms with Crippen molar-refractivity contribution in [3.05, 3.63) is 56.0 Å². The number of nitro groups is 1. The lowest BCUT2D eigenvalue weighted by atomic mass is 10.1. The van der Waals surface area contributed by atoms with E-state index in [2.05, 4.69) is 26.6 Å². The number of benzene rings is 2. The van der Waals surface area contributed by atoms with E-state index >= 15 is 0 Å². The topological polar surface area (TPSA) is 103 Å². The van der Waals surface area contributed by atoms with E-state index < -0.39 is 10.8 Å².